The van der Waals surface area contributed by atoms with Gasteiger partial charge in [-0.05, 0) is 29.8 Å². The van der Waals surface area contributed by atoms with Crippen LogP contribution >= 0.6 is 0 Å². The molecule has 2 aromatic carbocycles. The first-order valence-corrected chi connectivity index (χ1v) is 6.40. The van der Waals surface area contributed by atoms with Crippen molar-refractivity contribution in [1.29, 1.82) is 5.41 Å². The number of anilines is 1. The molecule has 104 valence electrons. The third-order valence-corrected chi connectivity index (χ3v) is 3.02. The van der Waals surface area contributed by atoms with E-state index >= 15 is 0 Å². The van der Waals surface area contributed by atoms with Gasteiger partial charge in [-0.3, -0.25) is 5.41 Å². The summed E-state index contributed by atoms with van der Waals surface area (Å²) in [5.74, 6) is 0.653. The van der Waals surface area contributed by atoms with E-state index in [9.17, 15) is 0 Å². The van der Waals surface area contributed by atoms with Gasteiger partial charge in [0.2, 0.25) is 0 Å². The molecule has 0 aliphatic heterocycles. The molecule has 0 unspecified atom stereocenters. The van der Waals surface area contributed by atoms with E-state index in [4.69, 9.17) is 15.9 Å². The van der Waals surface area contributed by atoms with E-state index < -0.39 is 0 Å². The van der Waals surface area contributed by atoms with Crippen LogP contribution in [0.4, 0.5) is 5.69 Å². The van der Waals surface area contributed by atoms with Gasteiger partial charge in [0.05, 0.1) is 5.56 Å². The van der Waals surface area contributed by atoms with Crippen molar-refractivity contribution in [3.05, 3.63) is 59.7 Å². The summed E-state index contributed by atoms with van der Waals surface area (Å²) < 4.78 is 5.75. The van der Waals surface area contributed by atoms with Gasteiger partial charge in [-0.2, -0.15) is 0 Å². The van der Waals surface area contributed by atoms with Crippen molar-refractivity contribution in [3.63, 3.8) is 0 Å². The minimum absolute atomic E-state index is 0.0172. The van der Waals surface area contributed by atoms with Gasteiger partial charge < -0.3 is 15.4 Å². The number of ether oxygens (including phenoxy) is 1. The van der Waals surface area contributed by atoms with E-state index in [-0.39, 0.29) is 5.84 Å². The van der Waals surface area contributed by atoms with E-state index in [1.165, 1.54) is 0 Å². The number of nitrogens with two attached hydrogens (primary N) is 1. The van der Waals surface area contributed by atoms with Crippen molar-refractivity contribution in [2.24, 2.45) is 5.73 Å². The number of para-hydroxylation sites is 1. The van der Waals surface area contributed by atoms with Gasteiger partial charge in [0.25, 0.3) is 0 Å². The van der Waals surface area contributed by atoms with Crippen molar-refractivity contribution in [3.8, 4) is 5.75 Å². The fourth-order valence-corrected chi connectivity index (χ4v) is 1.87. The summed E-state index contributed by atoms with van der Waals surface area (Å²) in [6.45, 7) is 0.456. The number of rotatable bonds is 5. The molecule has 4 heteroatoms. The summed E-state index contributed by atoms with van der Waals surface area (Å²) in [6.07, 6.45) is 0. The normalized spacial score (nSPS) is 10.1. The van der Waals surface area contributed by atoms with Crippen LogP contribution in [0, 0.1) is 5.41 Å². The molecule has 0 saturated heterocycles. The van der Waals surface area contributed by atoms with Crippen LogP contribution in [0.2, 0.25) is 0 Å². The van der Waals surface area contributed by atoms with Crippen LogP contribution in [0.15, 0.2) is 48.5 Å². The minimum atomic E-state index is 0.0172. The SMILES string of the molecule is CN(C)c1ccc(COc2ccccc2C(=N)N)cc1. The van der Waals surface area contributed by atoms with Crippen molar-refractivity contribution < 1.29 is 4.74 Å². The van der Waals surface area contributed by atoms with Crippen molar-refractivity contribution in [1.82, 2.24) is 0 Å². The van der Waals surface area contributed by atoms with Crippen molar-refractivity contribution in [2.45, 2.75) is 6.61 Å². The molecule has 3 N–H and O–H groups in total. The van der Waals surface area contributed by atoms with Gasteiger partial charge in [-0.15, -0.1) is 0 Å². The second kappa shape index (κ2) is 6.10. The second-order valence-corrected chi connectivity index (χ2v) is 4.76. The Morgan fingerprint density at radius 1 is 1.10 bits per heavy atom. The summed E-state index contributed by atoms with van der Waals surface area (Å²) in [6, 6.07) is 15.5. The van der Waals surface area contributed by atoms with Crippen LogP contribution in [0.25, 0.3) is 0 Å². The molecule has 0 amide bonds. The lowest BCUT2D eigenvalue weighted by molar-refractivity contribution is 0.305. The molecule has 0 aliphatic rings. The van der Waals surface area contributed by atoms with E-state index in [2.05, 4.69) is 17.0 Å². The van der Waals surface area contributed by atoms with Gasteiger partial charge in [0.1, 0.15) is 18.2 Å². The number of hydrogen-bond acceptors (Lipinski definition) is 3. The van der Waals surface area contributed by atoms with Gasteiger partial charge in [0.15, 0.2) is 0 Å². The van der Waals surface area contributed by atoms with Crippen molar-refractivity contribution in [2.75, 3.05) is 19.0 Å². The highest BCUT2D eigenvalue weighted by Gasteiger charge is 2.05. The average Bonchev–Trinajstić information content (AvgIpc) is 2.45. The summed E-state index contributed by atoms with van der Waals surface area (Å²) >= 11 is 0. The summed E-state index contributed by atoms with van der Waals surface area (Å²) in [5.41, 5.74) is 8.39. The first-order chi connectivity index (χ1) is 9.58. The molecule has 0 saturated carbocycles. The molecule has 0 fully saturated rings. The zero-order chi connectivity index (χ0) is 14.5. The lowest BCUT2D eigenvalue weighted by Gasteiger charge is -2.13. The monoisotopic (exact) mass is 269 g/mol. The first-order valence-electron chi connectivity index (χ1n) is 6.40. The van der Waals surface area contributed by atoms with E-state index in [0.29, 0.717) is 17.9 Å². The van der Waals surface area contributed by atoms with Crippen molar-refractivity contribution >= 4 is 11.5 Å². The summed E-state index contributed by atoms with van der Waals surface area (Å²) in [5, 5.41) is 7.53. The number of nitrogen functional groups attached to an aromatic ring is 1. The zero-order valence-corrected chi connectivity index (χ0v) is 11.8. The third-order valence-electron chi connectivity index (χ3n) is 3.02. The topological polar surface area (TPSA) is 62.3 Å². The zero-order valence-electron chi connectivity index (χ0n) is 11.8. The fourth-order valence-electron chi connectivity index (χ4n) is 1.87. The van der Waals surface area contributed by atoms with Crippen LogP contribution in [0.1, 0.15) is 11.1 Å². The molecule has 0 heterocycles. The van der Waals surface area contributed by atoms with E-state index in [0.717, 1.165) is 11.3 Å². The van der Waals surface area contributed by atoms with Gasteiger partial charge in [-0.1, -0.05) is 24.3 Å². The second-order valence-electron chi connectivity index (χ2n) is 4.76. The summed E-state index contributed by atoms with van der Waals surface area (Å²) in [7, 11) is 4.02. The van der Waals surface area contributed by atoms with Crippen LogP contribution in [0.5, 0.6) is 5.75 Å². The predicted octanol–water partition coefficient (Wildman–Crippen LogP) is 2.62. The molecule has 2 rings (SSSR count). The molecule has 0 atom stereocenters. The Balaban J connectivity index is 2.07. The molecule has 0 aromatic heterocycles. The Bertz CT molecular complexity index is 591. The molecular formula is C16H19N3O. The lowest BCUT2D eigenvalue weighted by Crippen LogP contribution is -2.13. The Labute approximate surface area is 119 Å². The molecule has 2 aromatic rings. The Morgan fingerprint density at radius 3 is 2.35 bits per heavy atom. The van der Waals surface area contributed by atoms with Gasteiger partial charge in [0, 0.05) is 19.8 Å². The molecular weight excluding hydrogens is 250 g/mol. The number of nitrogens with one attached hydrogen (secondary N) is 1. The number of benzene rings is 2. The average molecular weight is 269 g/mol. The van der Waals surface area contributed by atoms with E-state index in [1.54, 1.807) is 6.07 Å². The predicted molar refractivity (Wildman–Crippen MR) is 82.6 cm³/mol. The smallest absolute Gasteiger partial charge is 0.130 e. The first kappa shape index (κ1) is 13.9. The quantitative estimate of drug-likeness (QED) is 0.648. The Morgan fingerprint density at radius 2 is 1.75 bits per heavy atom. The maximum atomic E-state index is 7.53. The Hall–Kier alpha value is -2.49. The number of nitrogens with zero attached hydrogens (tertiary/aromatic N) is 1. The van der Waals surface area contributed by atoms with Crippen LogP contribution in [0.3, 0.4) is 0 Å². The highest BCUT2D eigenvalue weighted by Crippen LogP contribution is 2.19. The summed E-state index contributed by atoms with van der Waals surface area (Å²) in [4.78, 5) is 2.05. The molecule has 0 aliphatic carbocycles. The molecule has 0 radical (unpaired) electrons. The fraction of sp³-hybridized carbons (Fsp3) is 0.188. The Kier molecular flexibility index (Phi) is 4.25. The number of hydrogen-bond donors (Lipinski definition) is 2. The highest BCUT2D eigenvalue weighted by atomic mass is 16.5. The lowest BCUT2D eigenvalue weighted by atomic mass is 10.2. The largest absolute Gasteiger partial charge is 0.488 e. The van der Waals surface area contributed by atoms with Crippen LogP contribution < -0.4 is 15.4 Å². The highest BCUT2D eigenvalue weighted by molar-refractivity contribution is 5.97. The maximum Gasteiger partial charge on any atom is 0.130 e. The molecule has 20 heavy (non-hydrogen) atoms. The van der Waals surface area contributed by atoms with Crippen LogP contribution in [-0.4, -0.2) is 19.9 Å². The maximum absolute atomic E-state index is 7.53. The van der Waals surface area contributed by atoms with E-state index in [1.807, 2.05) is 44.4 Å². The molecule has 0 bridgehead atoms. The third kappa shape index (κ3) is 3.29. The standard InChI is InChI=1S/C16H19N3O/c1-19(2)13-9-7-12(8-10-13)11-20-15-6-4-3-5-14(15)16(17)18/h3-10H,11H2,1-2H3,(H3,17,18). The van der Waals surface area contributed by atoms with Gasteiger partial charge >= 0.3 is 0 Å². The number of amidine groups is 1. The molecule has 4 nitrogen and oxygen atoms in total. The minimum Gasteiger partial charge on any atom is -0.488 e. The molecule has 0 spiro atoms. The van der Waals surface area contributed by atoms with Crippen LogP contribution in [-0.2, 0) is 6.61 Å². The van der Waals surface area contributed by atoms with Gasteiger partial charge in [-0.25, -0.2) is 0 Å².